The number of nitrogens with zero attached hydrogens (tertiary/aromatic N) is 1. The Morgan fingerprint density at radius 2 is 1.78 bits per heavy atom. The molecule has 2 N–H and O–H groups in total. The zero-order valence-electron chi connectivity index (χ0n) is 4.24. The van der Waals surface area contributed by atoms with E-state index in [0.717, 1.165) is 0 Å². The van der Waals surface area contributed by atoms with Gasteiger partial charge in [-0.3, -0.25) is 4.57 Å². The van der Waals surface area contributed by atoms with Crippen LogP contribution in [0.4, 0.5) is 4.79 Å². The number of hydrogen-bond acceptors (Lipinski definition) is 1. The predicted octanol–water partition coefficient (Wildman–Crippen LogP) is -0.234. The molecule has 0 aliphatic heterocycles. The van der Waals surface area contributed by atoms with E-state index in [1.54, 1.807) is 24.5 Å². The van der Waals surface area contributed by atoms with Crippen molar-refractivity contribution in [3.05, 3.63) is 24.5 Å². The molecule has 0 aromatic carbocycles. The summed E-state index contributed by atoms with van der Waals surface area (Å²) in [6, 6.07) is 3.03. The van der Waals surface area contributed by atoms with Crippen LogP contribution < -0.4 is 5.73 Å². The Labute approximate surface area is 65.0 Å². The predicted molar refractivity (Wildman–Crippen MR) is 36.6 cm³/mol. The Kier molecular flexibility index (Phi) is 3.14. The molecule has 0 saturated heterocycles. The summed E-state index contributed by atoms with van der Waals surface area (Å²) in [6.07, 6.45) is 3.20. The van der Waals surface area contributed by atoms with Crippen LogP contribution in [0, 0.1) is 0 Å². The van der Waals surface area contributed by atoms with E-state index in [4.69, 9.17) is 5.73 Å². The molecule has 3 nitrogen and oxygen atoms in total. The second kappa shape index (κ2) is 3.39. The molecule has 1 aromatic heterocycles. The van der Waals surface area contributed by atoms with Gasteiger partial charge in [-0.05, 0) is 12.1 Å². The second-order valence-corrected chi connectivity index (χ2v) is 1.43. The van der Waals surface area contributed by atoms with Crippen molar-refractivity contribution in [3.63, 3.8) is 0 Å². The first-order valence-corrected chi connectivity index (χ1v) is 2.23. The van der Waals surface area contributed by atoms with E-state index in [2.05, 4.69) is 0 Å². The molecule has 1 rings (SSSR count). The molecule has 0 radical (unpaired) electrons. The summed E-state index contributed by atoms with van der Waals surface area (Å²) < 4.78 is 1.31. The van der Waals surface area contributed by atoms with Crippen LogP contribution in [0.3, 0.4) is 0 Å². The molecule has 0 atom stereocenters. The Morgan fingerprint density at radius 1 is 1.33 bits per heavy atom. The van der Waals surface area contributed by atoms with Gasteiger partial charge in [0.15, 0.2) is 0 Å². The third-order valence-corrected chi connectivity index (χ3v) is 0.859. The van der Waals surface area contributed by atoms with Gasteiger partial charge in [-0.25, -0.2) is 4.79 Å². The summed E-state index contributed by atoms with van der Waals surface area (Å²) in [4.78, 5) is 10.2. The molecule has 0 spiro atoms. The molecule has 0 aliphatic carbocycles. The quantitative estimate of drug-likeness (QED) is 0.470. The summed E-state index contributed by atoms with van der Waals surface area (Å²) >= 11 is 0. The number of aromatic nitrogens is 1. The van der Waals surface area contributed by atoms with Gasteiger partial charge < -0.3 is 5.73 Å². The van der Waals surface area contributed by atoms with Gasteiger partial charge in [0.25, 0.3) is 0 Å². The summed E-state index contributed by atoms with van der Waals surface area (Å²) in [5.41, 5.74) is 4.88. The standard InChI is InChI=1S/C5H6N2O.Li.H/c6-5(8)7-3-1-2-4-7;;/h1-4H,(H2,6,8);;. The van der Waals surface area contributed by atoms with Crippen molar-refractivity contribution in [1.29, 1.82) is 0 Å². The molecule has 1 aromatic rings. The Bertz CT molecular complexity index is 183. The van der Waals surface area contributed by atoms with Gasteiger partial charge in [-0.1, -0.05) is 0 Å². The van der Waals surface area contributed by atoms with E-state index in [-0.39, 0.29) is 18.9 Å². The number of primary amides is 1. The van der Waals surface area contributed by atoms with Gasteiger partial charge in [0.05, 0.1) is 0 Å². The Morgan fingerprint density at radius 3 is 2.00 bits per heavy atom. The van der Waals surface area contributed by atoms with Crippen molar-refractivity contribution in [2.45, 2.75) is 0 Å². The first kappa shape index (κ1) is 8.35. The van der Waals surface area contributed by atoms with Gasteiger partial charge in [0, 0.05) is 12.4 Å². The van der Waals surface area contributed by atoms with E-state index in [9.17, 15) is 4.79 Å². The van der Waals surface area contributed by atoms with E-state index in [1.165, 1.54) is 4.57 Å². The van der Waals surface area contributed by atoms with E-state index >= 15 is 0 Å². The van der Waals surface area contributed by atoms with Crippen LogP contribution in [0.2, 0.25) is 0 Å². The van der Waals surface area contributed by atoms with E-state index in [1.807, 2.05) is 0 Å². The molecule has 0 saturated carbocycles. The van der Waals surface area contributed by atoms with E-state index < -0.39 is 6.03 Å². The van der Waals surface area contributed by atoms with Crippen LogP contribution in [0.25, 0.3) is 0 Å². The zero-order valence-corrected chi connectivity index (χ0v) is 4.24. The summed E-state index contributed by atoms with van der Waals surface area (Å²) in [5.74, 6) is 0. The molecule has 0 bridgehead atoms. The van der Waals surface area contributed by atoms with Crippen molar-refractivity contribution in [2.75, 3.05) is 0 Å². The minimum absolute atomic E-state index is 0. The fourth-order valence-corrected chi connectivity index (χ4v) is 0.481. The maximum atomic E-state index is 10.2. The molecule has 0 fully saturated rings. The van der Waals surface area contributed by atoms with Gasteiger partial charge >= 0.3 is 24.9 Å². The number of hydrogen-bond donors (Lipinski definition) is 1. The van der Waals surface area contributed by atoms with Crippen molar-refractivity contribution in [3.8, 4) is 0 Å². The molecular weight excluding hydrogens is 111 g/mol. The van der Waals surface area contributed by atoms with Crippen LogP contribution >= 0.6 is 0 Å². The molecule has 9 heavy (non-hydrogen) atoms. The van der Waals surface area contributed by atoms with Gasteiger partial charge in [0.1, 0.15) is 0 Å². The summed E-state index contributed by atoms with van der Waals surface area (Å²) in [6.45, 7) is 0. The zero-order chi connectivity index (χ0) is 5.98. The first-order valence-electron chi connectivity index (χ1n) is 2.23. The molecule has 1 heterocycles. The minimum atomic E-state index is -0.449. The van der Waals surface area contributed by atoms with Crippen molar-refractivity contribution >= 4 is 24.9 Å². The average molecular weight is 118 g/mol. The monoisotopic (exact) mass is 118 g/mol. The number of nitrogens with two attached hydrogens (primary N) is 1. The Balaban J connectivity index is 0.000000640. The second-order valence-electron chi connectivity index (χ2n) is 1.43. The topological polar surface area (TPSA) is 48.0 Å². The molecule has 4 heteroatoms. The summed E-state index contributed by atoms with van der Waals surface area (Å²) in [5, 5.41) is 0. The SMILES string of the molecule is NC(=O)n1cccc1.[LiH]. The van der Waals surface area contributed by atoms with E-state index in [0.29, 0.717) is 0 Å². The third-order valence-electron chi connectivity index (χ3n) is 0.859. The van der Waals surface area contributed by atoms with Crippen molar-refractivity contribution in [2.24, 2.45) is 5.73 Å². The molecule has 1 amide bonds. The van der Waals surface area contributed by atoms with Crippen molar-refractivity contribution in [1.82, 2.24) is 4.57 Å². The van der Waals surface area contributed by atoms with Crippen LogP contribution in [0.5, 0.6) is 0 Å². The van der Waals surface area contributed by atoms with Crippen LogP contribution in [0.15, 0.2) is 24.5 Å². The molecular formula is C5H7LiN2O. The van der Waals surface area contributed by atoms with Gasteiger partial charge in [-0.2, -0.15) is 0 Å². The summed E-state index contributed by atoms with van der Waals surface area (Å²) in [7, 11) is 0. The fourth-order valence-electron chi connectivity index (χ4n) is 0.481. The van der Waals surface area contributed by atoms with Crippen molar-refractivity contribution < 1.29 is 4.79 Å². The Hall–Kier alpha value is -0.653. The van der Waals surface area contributed by atoms with Gasteiger partial charge in [0.2, 0.25) is 0 Å². The number of carbonyl (C=O) groups excluding carboxylic acids is 1. The maximum absolute atomic E-state index is 10.2. The first-order chi connectivity index (χ1) is 3.80. The number of rotatable bonds is 0. The number of carbonyl (C=O) groups is 1. The van der Waals surface area contributed by atoms with Crippen LogP contribution in [-0.2, 0) is 0 Å². The molecule has 44 valence electrons. The molecule has 0 aliphatic rings. The van der Waals surface area contributed by atoms with Crippen LogP contribution in [0.1, 0.15) is 0 Å². The average Bonchev–Trinajstić information content (AvgIpc) is 2.12. The van der Waals surface area contributed by atoms with Gasteiger partial charge in [-0.15, -0.1) is 0 Å². The van der Waals surface area contributed by atoms with Crippen LogP contribution in [-0.4, -0.2) is 29.5 Å². The fraction of sp³-hybridized carbons (Fsp3) is 0. The number of amides is 1. The third kappa shape index (κ3) is 1.96. The normalized spacial score (nSPS) is 8.00. The molecule has 0 unspecified atom stereocenters.